The third kappa shape index (κ3) is 4.28. The van der Waals surface area contributed by atoms with E-state index < -0.39 is 0 Å². The van der Waals surface area contributed by atoms with Crippen molar-refractivity contribution < 1.29 is 4.79 Å². The lowest BCUT2D eigenvalue weighted by molar-refractivity contribution is 0.0987. The van der Waals surface area contributed by atoms with Gasteiger partial charge >= 0.3 is 0 Å². The van der Waals surface area contributed by atoms with Crippen LogP contribution in [0.1, 0.15) is 15.9 Å². The number of anilines is 2. The SMILES string of the molecule is CN(C)c1ccc(C(=O)N(CCc2ccccc2)c2ccccc2)cn1. The Morgan fingerprint density at radius 2 is 1.54 bits per heavy atom. The lowest BCUT2D eigenvalue weighted by atomic mass is 10.1. The Kier molecular flexibility index (Phi) is 5.64. The highest BCUT2D eigenvalue weighted by molar-refractivity contribution is 6.06. The molecule has 0 radical (unpaired) electrons. The second-order valence-electron chi connectivity index (χ2n) is 6.33. The molecular weight excluding hydrogens is 322 g/mol. The van der Waals surface area contributed by atoms with Gasteiger partial charge in [0.15, 0.2) is 0 Å². The van der Waals surface area contributed by atoms with Crippen molar-refractivity contribution in [3.8, 4) is 0 Å². The summed E-state index contributed by atoms with van der Waals surface area (Å²) in [5, 5.41) is 0. The molecule has 1 heterocycles. The molecule has 26 heavy (non-hydrogen) atoms. The number of aromatic nitrogens is 1. The Bertz CT molecular complexity index is 830. The van der Waals surface area contributed by atoms with Gasteiger partial charge < -0.3 is 9.80 Å². The van der Waals surface area contributed by atoms with Crippen molar-refractivity contribution in [2.45, 2.75) is 6.42 Å². The van der Waals surface area contributed by atoms with Crippen molar-refractivity contribution in [1.82, 2.24) is 4.98 Å². The summed E-state index contributed by atoms with van der Waals surface area (Å²) in [4.78, 5) is 21.2. The van der Waals surface area contributed by atoms with Gasteiger partial charge in [-0.15, -0.1) is 0 Å². The predicted molar refractivity (Wildman–Crippen MR) is 107 cm³/mol. The number of amides is 1. The number of hydrogen-bond donors (Lipinski definition) is 0. The van der Waals surface area contributed by atoms with Crippen LogP contribution >= 0.6 is 0 Å². The van der Waals surface area contributed by atoms with Crippen LogP contribution < -0.4 is 9.80 Å². The molecule has 4 heteroatoms. The van der Waals surface area contributed by atoms with Crippen LogP contribution in [0.2, 0.25) is 0 Å². The summed E-state index contributed by atoms with van der Waals surface area (Å²) in [5.41, 5.74) is 2.69. The van der Waals surface area contributed by atoms with Crippen LogP contribution in [-0.4, -0.2) is 31.5 Å². The Morgan fingerprint density at radius 1 is 0.885 bits per heavy atom. The average molecular weight is 345 g/mol. The number of hydrogen-bond acceptors (Lipinski definition) is 3. The van der Waals surface area contributed by atoms with Gasteiger partial charge in [-0.05, 0) is 36.2 Å². The van der Waals surface area contributed by atoms with Crippen LogP contribution in [0.3, 0.4) is 0 Å². The summed E-state index contributed by atoms with van der Waals surface area (Å²) >= 11 is 0. The largest absolute Gasteiger partial charge is 0.363 e. The molecule has 3 aromatic rings. The number of para-hydroxylation sites is 1. The van der Waals surface area contributed by atoms with E-state index in [1.165, 1.54) is 5.56 Å². The normalized spacial score (nSPS) is 10.4. The van der Waals surface area contributed by atoms with Crippen molar-refractivity contribution in [2.24, 2.45) is 0 Å². The van der Waals surface area contributed by atoms with E-state index in [0.717, 1.165) is 17.9 Å². The van der Waals surface area contributed by atoms with E-state index in [2.05, 4.69) is 17.1 Å². The zero-order valence-electron chi connectivity index (χ0n) is 15.2. The molecule has 0 N–H and O–H groups in total. The maximum absolute atomic E-state index is 13.1. The van der Waals surface area contributed by atoms with Gasteiger partial charge in [0.25, 0.3) is 5.91 Å². The molecule has 0 fully saturated rings. The zero-order valence-corrected chi connectivity index (χ0v) is 15.2. The van der Waals surface area contributed by atoms with Crippen molar-refractivity contribution >= 4 is 17.4 Å². The average Bonchev–Trinajstić information content (AvgIpc) is 2.69. The van der Waals surface area contributed by atoms with Crippen molar-refractivity contribution in [1.29, 1.82) is 0 Å². The van der Waals surface area contributed by atoms with Crippen LogP contribution in [0.15, 0.2) is 79.0 Å². The van der Waals surface area contributed by atoms with Gasteiger partial charge in [0.05, 0.1) is 5.56 Å². The third-order valence-corrected chi connectivity index (χ3v) is 4.23. The number of nitrogens with zero attached hydrogens (tertiary/aromatic N) is 3. The first-order valence-electron chi connectivity index (χ1n) is 8.69. The quantitative estimate of drug-likeness (QED) is 0.676. The first-order chi connectivity index (χ1) is 12.6. The molecular formula is C22H23N3O. The number of carbonyl (C=O) groups is 1. The van der Waals surface area contributed by atoms with Gasteiger partial charge in [0.1, 0.15) is 5.82 Å². The van der Waals surface area contributed by atoms with Crippen molar-refractivity contribution in [3.63, 3.8) is 0 Å². The van der Waals surface area contributed by atoms with Gasteiger partial charge in [0.2, 0.25) is 0 Å². The highest BCUT2D eigenvalue weighted by Gasteiger charge is 2.18. The molecule has 0 atom stereocenters. The van der Waals surface area contributed by atoms with Gasteiger partial charge in [-0.3, -0.25) is 4.79 Å². The molecule has 0 aliphatic carbocycles. The van der Waals surface area contributed by atoms with Crippen LogP contribution in [-0.2, 0) is 6.42 Å². The monoisotopic (exact) mass is 345 g/mol. The lowest BCUT2D eigenvalue weighted by Gasteiger charge is -2.23. The number of benzene rings is 2. The minimum atomic E-state index is -0.0371. The Labute approximate surface area is 154 Å². The Hall–Kier alpha value is -3.14. The standard InChI is InChI=1S/C22H23N3O/c1-24(2)21-14-13-19(17-23-21)22(26)25(20-11-7-4-8-12-20)16-15-18-9-5-3-6-10-18/h3-14,17H,15-16H2,1-2H3. The maximum Gasteiger partial charge on any atom is 0.259 e. The van der Waals surface area contributed by atoms with Crippen molar-refractivity contribution in [3.05, 3.63) is 90.1 Å². The fourth-order valence-electron chi connectivity index (χ4n) is 2.77. The predicted octanol–water partition coefficient (Wildman–Crippen LogP) is 4.04. The first kappa shape index (κ1) is 17.7. The highest BCUT2D eigenvalue weighted by atomic mass is 16.2. The molecule has 3 rings (SSSR count). The van der Waals surface area contributed by atoms with E-state index in [-0.39, 0.29) is 5.91 Å². The van der Waals surface area contributed by atoms with Crippen LogP contribution in [0.5, 0.6) is 0 Å². The van der Waals surface area contributed by atoms with E-state index in [9.17, 15) is 4.79 Å². The summed E-state index contributed by atoms with van der Waals surface area (Å²) in [7, 11) is 3.86. The Morgan fingerprint density at radius 3 is 2.12 bits per heavy atom. The first-order valence-corrected chi connectivity index (χ1v) is 8.69. The molecule has 0 spiro atoms. The fraction of sp³-hybridized carbons (Fsp3) is 0.182. The van der Waals surface area contributed by atoms with Crippen LogP contribution in [0.4, 0.5) is 11.5 Å². The minimum Gasteiger partial charge on any atom is -0.363 e. The fourth-order valence-corrected chi connectivity index (χ4v) is 2.77. The number of carbonyl (C=O) groups excluding carboxylic acids is 1. The molecule has 0 aliphatic heterocycles. The van der Waals surface area contributed by atoms with Gasteiger partial charge in [-0.1, -0.05) is 48.5 Å². The minimum absolute atomic E-state index is 0.0371. The molecule has 2 aromatic carbocycles. The molecule has 0 aliphatic rings. The summed E-state index contributed by atoms with van der Waals surface area (Å²) in [6, 6.07) is 23.7. The molecule has 1 aromatic heterocycles. The molecule has 0 saturated carbocycles. The molecule has 0 bridgehead atoms. The molecule has 1 amide bonds. The topological polar surface area (TPSA) is 36.4 Å². The molecule has 0 saturated heterocycles. The lowest BCUT2D eigenvalue weighted by Crippen LogP contribution is -2.33. The van der Waals surface area contributed by atoms with E-state index >= 15 is 0 Å². The van der Waals surface area contributed by atoms with Crippen LogP contribution in [0, 0.1) is 0 Å². The molecule has 0 unspecified atom stereocenters. The third-order valence-electron chi connectivity index (χ3n) is 4.23. The second-order valence-corrected chi connectivity index (χ2v) is 6.33. The van der Waals surface area contributed by atoms with Crippen molar-refractivity contribution in [2.75, 3.05) is 30.4 Å². The second kappa shape index (κ2) is 8.30. The molecule has 4 nitrogen and oxygen atoms in total. The van der Waals surface area contributed by atoms with Gasteiger partial charge in [-0.25, -0.2) is 4.98 Å². The summed E-state index contributed by atoms with van der Waals surface area (Å²) in [6.45, 7) is 0.613. The van der Waals surface area contributed by atoms with Gasteiger partial charge in [-0.2, -0.15) is 0 Å². The van der Waals surface area contributed by atoms with E-state index in [1.54, 1.807) is 6.20 Å². The summed E-state index contributed by atoms with van der Waals surface area (Å²) in [5.74, 6) is 0.794. The summed E-state index contributed by atoms with van der Waals surface area (Å²) in [6.07, 6.45) is 2.45. The van der Waals surface area contributed by atoms with E-state index in [1.807, 2.05) is 84.6 Å². The van der Waals surface area contributed by atoms with E-state index in [0.29, 0.717) is 12.1 Å². The maximum atomic E-state index is 13.1. The van der Waals surface area contributed by atoms with Gasteiger partial charge in [0, 0.05) is 32.5 Å². The highest BCUT2D eigenvalue weighted by Crippen LogP contribution is 2.18. The Balaban J connectivity index is 1.83. The molecule has 132 valence electrons. The number of rotatable bonds is 6. The van der Waals surface area contributed by atoms with E-state index in [4.69, 9.17) is 0 Å². The summed E-state index contributed by atoms with van der Waals surface area (Å²) < 4.78 is 0. The number of pyridine rings is 1. The smallest absolute Gasteiger partial charge is 0.259 e. The van der Waals surface area contributed by atoms with Crippen LogP contribution in [0.25, 0.3) is 0 Å². The zero-order chi connectivity index (χ0) is 18.4.